The van der Waals surface area contributed by atoms with E-state index >= 15 is 0 Å². The first-order chi connectivity index (χ1) is 9.70. The van der Waals surface area contributed by atoms with E-state index in [1.165, 1.54) is 0 Å². The number of aryl methyl sites for hydroxylation is 1. The molecule has 2 heterocycles. The molecule has 10 heteroatoms. The first kappa shape index (κ1) is 15.3. The van der Waals surface area contributed by atoms with Gasteiger partial charge < -0.3 is 10.3 Å². The Labute approximate surface area is 121 Å². The predicted octanol–water partition coefficient (Wildman–Crippen LogP) is 1.79. The van der Waals surface area contributed by atoms with Crippen LogP contribution in [0.1, 0.15) is 21.9 Å². The largest absolute Gasteiger partial charge is 0.433 e. The third kappa shape index (κ3) is 3.15. The van der Waals surface area contributed by atoms with E-state index in [1.54, 1.807) is 18.5 Å². The van der Waals surface area contributed by atoms with Crippen LogP contribution in [0.25, 0.3) is 0 Å². The average Bonchev–Trinajstić information content (AvgIpc) is 2.69. The lowest BCUT2D eigenvalue weighted by molar-refractivity contribution is -0.141. The van der Waals surface area contributed by atoms with Gasteiger partial charge in [0.2, 0.25) is 0 Å². The fourth-order valence-corrected chi connectivity index (χ4v) is 2.37. The zero-order valence-corrected chi connectivity index (χ0v) is 11.8. The zero-order valence-electron chi connectivity index (χ0n) is 11.0. The SMILES string of the molecule is Cc1nnc(Sc2nc(C(F)(F)F)ccc2C(N)=O)n1C. The van der Waals surface area contributed by atoms with Gasteiger partial charge in [-0.2, -0.15) is 13.2 Å². The highest BCUT2D eigenvalue weighted by Gasteiger charge is 2.33. The molecule has 2 aromatic heterocycles. The van der Waals surface area contributed by atoms with Gasteiger partial charge in [-0.15, -0.1) is 10.2 Å². The number of alkyl halides is 3. The molecule has 0 radical (unpaired) electrons. The van der Waals surface area contributed by atoms with Crippen LogP contribution >= 0.6 is 11.8 Å². The Hall–Kier alpha value is -2.10. The lowest BCUT2D eigenvalue weighted by Gasteiger charge is -2.10. The molecule has 112 valence electrons. The fraction of sp³-hybridized carbons (Fsp3) is 0.273. The molecule has 21 heavy (non-hydrogen) atoms. The second-order valence-corrected chi connectivity index (χ2v) is 5.06. The molecule has 0 fully saturated rings. The molecular weight excluding hydrogens is 307 g/mol. The molecule has 0 aromatic carbocycles. The number of carbonyl (C=O) groups excluding carboxylic acids is 1. The van der Waals surface area contributed by atoms with E-state index in [9.17, 15) is 18.0 Å². The van der Waals surface area contributed by atoms with Crippen molar-refractivity contribution in [1.82, 2.24) is 19.7 Å². The molecule has 6 nitrogen and oxygen atoms in total. The summed E-state index contributed by atoms with van der Waals surface area (Å²) in [4.78, 5) is 14.8. The third-order valence-corrected chi connectivity index (χ3v) is 3.70. The number of pyridine rings is 1. The molecule has 2 rings (SSSR count). The van der Waals surface area contributed by atoms with Crippen LogP contribution in [0.15, 0.2) is 22.3 Å². The van der Waals surface area contributed by atoms with E-state index in [0.717, 1.165) is 17.8 Å². The van der Waals surface area contributed by atoms with Crippen LogP contribution < -0.4 is 5.73 Å². The molecule has 0 saturated carbocycles. The summed E-state index contributed by atoms with van der Waals surface area (Å²) in [5.41, 5.74) is 3.95. The lowest BCUT2D eigenvalue weighted by atomic mass is 10.2. The third-order valence-electron chi connectivity index (χ3n) is 2.66. The number of hydrogen-bond donors (Lipinski definition) is 1. The summed E-state index contributed by atoms with van der Waals surface area (Å²) >= 11 is 0.798. The van der Waals surface area contributed by atoms with Crippen molar-refractivity contribution in [1.29, 1.82) is 0 Å². The number of rotatable bonds is 3. The molecule has 0 spiro atoms. The van der Waals surface area contributed by atoms with Gasteiger partial charge in [0.15, 0.2) is 5.16 Å². The molecule has 0 bridgehead atoms. The first-order valence-corrected chi connectivity index (χ1v) is 6.43. The van der Waals surface area contributed by atoms with Crippen molar-refractivity contribution in [2.75, 3.05) is 0 Å². The topological polar surface area (TPSA) is 86.7 Å². The molecule has 0 atom stereocenters. The van der Waals surface area contributed by atoms with Gasteiger partial charge in [-0.05, 0) is 30.8 Å². The van der Waals surface area contributed by atoms with Crippen molar-refractivity contribution >= 4 is 17.7 Å². The van der Waals surface area contributed by atoms with Gasteiger partial charge >= 0.3 is 6.18 Å². The summed E-state index contributed by atoms with van der Waals surface area (Å²) in [7, 11) is 1.65. The average molecular weight is 317 g/mol. The lowest BCUT2D eigenvalue weighted by Crippen LogP contribution is -2.16. The number of halogens is 3. The molecule has 0 aliphatic heterocycles. The highest BCUT2D eigenvalue weighted by Crippen LogP contribution is 2.33. The Kier molecular flexibility index (Phi) is 3.90. The minimum absolute atomic E-state index is 0.103. The molecule has 0 saturated heterocycles. The van der Waals surface area contributed by atoms with Crippen molar-refractivity contribution in [3.05, 3.63) is 29.2 Å². The number of nitrogens with two attached hydrogens (primary N) is 1. The Morgan fingerprint density at radius 1 is 1.33 bits per heavy atom. The number of amides is 1. The van der Waals surface area contributed by atoms with E-state index in [2.05, 4.69) is 15.2 Å². The fourth-order valence-electron chi connectivity index (χ4n) is 1.43. The van der Waals surface area contributed by atoms with Crippen LogP contribution in [0.2, 0.25) is 0 Å². The van der Waals surface area contributed by atoms with Gasteiger partial charge in [0.05, 0.1) is 5.56 Å². The van der Waals surface area contributed by atoms with E-state index < -0.39 is 17.8 Å². The van der Waals surface area contributed by atoms with Crippen molar-refractivity contribution in [3.8, 4) is 0 Å². The maximum absolute atomic E-state index is 12.7. The van der Waals surface area contributed by atoms with E-state index in [-0.39, 0.29) is 10.6 Å². The summed E-state index contributed by atoms with van der Waals surface area (Å²) in [6, 6.07) is 1.72. The first-order valence-electron chi connectivity index (χ1n) is 5.62. The van der Waals surface area contributed by atoms with Crippen molar-refractivity contribution in [3.63, 3.8) is 0 Å². The molecule has 0 aliphatic rings. The Bertz CT molecular complexity index is 698. The summed E-state index contributed by atoms with van der Waals surface area (Å²) in [6.07, 6.45) is -4.61. The number of aromatic nitrogens is 4. The number of primary amides is 1. The van der Waals surface area contributed by atoms with E-state index in [1.807, 2.05) is 0 Å². The second kappa shape index (κ2) is 5.35. The summed E-state index contributed by atoms with van der Waals surface area (Å²) in [5.74, 6) is -0.289. The summed E-state index contributed by atoms with van der Waals surface area (Å²) < 4.78 is 39.7. The standard InChI is InChI=1S/C11H10F3N5OS/c1-5-17-18-10(19(5)2)21-9-6(8(15)20)3-4-7(16-9)11(12,13)14/h3-4H,1-2H3,(H2,15,20). The van der Waals surface area contributed by atoms with Gasteiger partial charge in [0.1, 0.15) is 16.5 Å². The van der Waals surface area contributed by atoms with Crippen molar-refractivity contribution in [2.24, 2.45) is 12.8 Å². The van der Waals surface area contributed by atoms with Crippen LogP contribution in [0.4, 0.5) is 13.2 Å². The van der Waals surface area contributed by atoms with Crippen LogP contribution in [0, 0.1) is 6.92 Å². The van der Waals surface area contributed by atoms with Gasteiger partial charge in [-0.3, -0.25) is 4.79 Å². The molecule has 1 amide bonds. The summed E-state index contributed by atoms with van der Waals surface area (Å²) in [5, 5.41) is 7.74. The number of hydrogen-bond acceptors (Lipinski definition) is 5. The zero-order chi connectivity index (χ0) is 15.8. The number of carbonyl (C=O) groups is 1. The quantitative estimate of drug-likeness (QED) is 0.932. The van der Waals surface area contributed by atoms with Crippen molar-refractivity contribution in [2.45, 2.75) is 23.3 Å². The predicted molar refractivity (Wildman–Crippen MR) is 67.6 cm³/mol. The summed E-state index contributed by atoms with van der Waals surface area (Å²) in [6.45, 7) is 1.69. The second-order valence-electron chi connectivity index (χ2n) is 4.10. The van der Waals surface area contributed by atoms with Crippen LogP contribution in [0.5, 0.6) is 0 Å². The molecular formula is C11H10F3N5OS. The Balaban J connectivity index is 2.49. The number of nitrogens with zero attached hydrogens (tertiary/aromatic N) is 4. The molecule has 0 aliphatic carbocycles. The molecule has 2 aromatic rings. The minimum atomic E-state index is -4.61. The highest BCUT2D eigenvalue weighted by atomic mass is 32.2. The maximum atomic E-state index is 12.7. The van der Waals surface area contributed by atoms with E-state index in [4.69, 9.17) is 5.73 Å². The highest BCUT2D eigenvalue weighted by molar-refractivity contribution is 7.99. The van der Waals surface area contributed by atoms with Crippen molar-refractivity contribution < 1.29 is 18.0 Å². The van der Waals surface area contributed by atoms with Gasteiger partial charge in [-0.25, -0.2) is 4.98 Å². The van der Waals surface area contributed by atoms with Crippen LogP contribution in [0.3, 0.4) is 0 Å². The van der Waals surface area contributed by atoms with Gasteiger partial charge in [0, 0.05) is 7.05 Å². The molecule has 2 N–H and O–H groups in total. The van der Waals surface area contributed by atoms with Crippen LogP contribution in [-0.2, 0) is 13.2 Å². The maximum Gasteiger partial charge on any atom is 0.433 e. The van der Waals surface area contributed by atoms with Crippen LogP contribution in [-0.4, -0.2) is 25.7 Å². The Morgan fingerprint density at radius 2 is 2.00 bits per heavy atom. The Morgan fingerprint density at radius 3 is 2.48 bits per heavy atom. The minimum Gasteiger partial charge on any atom is -0.366 e. The smallest absolute Gasteiger partial charge is 0.366 e. The van der Waals surface area contributed by atoms with E-state index in [0.29, 0.717) is 17.0 Å². The van der Waals surface area contributed by atoms with Gasteiger partial charge in [0.25, 0.3) is 5.91 Å². The normalized spacial score (nSPS) is 11.7. The van der Waals surface area contributed by atoms with Gasteiger partial charge in [-0.1, -0.05) is 0 Å². The monoisotopic (exact) mass is 317 g/mol. The molecule has 0 unspecified atom stereocenters.